The van der Waals surface area contributed by atoms with Gasteiger partial charge in [-0.05, 0) is 38.8 Å². The highest BCUT2D eigenvalue weighted by atomic mass is 35.5. The first-order valence-corrected chi connectivity index (χ1v) is 8.40. The van der Waals surface area contributed by atoms with Gasteiger partial charge in [-0.15, -0.1) is 11.6 Å². The van der Waals surface area contributed by atoms with Gasteiger partial charge < -0.3 is 9.64 Å². The fourth-order valence-corrected chi connectivity index (χ4v) is 3.05. The van der Waals surface area contributed by atoms with Gasteiger partial charge in [0, 0.05) is 24.2 Å². The van der Waals surface area contributed by atoms with Crippen molar-refractivity contribution in [3.63, 3.8) is 0 Å². The molecule has 1 atom stereocenters. The molecule has 2 heterocycles. The van der Waals surface area contributed by atoms with E-state index in [1.54, 1.807) is 37.9 Å². The van der Waals surface area contributed by atoms with Gasteiger partial charge in [0.1, 0.15) is 5.60 Å². The van der Waals surface area contributed by atoms with Gasteiger partial charge >= 0.3 is 6.09 Å². The Labute approximate surface area is 145 Å². The molecular weight excluding hydrogens is 330 g/mol. The van der Waals surface area contributed by atoms with Crippen LogP contribution in [0.25, 0.3) is 10.9 Å². The predicted octanol–water partition coefficient (Wildman–Crippen LogP) is 3.41. The maximum Gasteiger partial charge on any atom is 0.435 e. The summed E-state index contributed by atoms with van der Waals surface area (Å²) < 4.78 is 6.60. The van der Waals surface area contributed by atoms with Gasteiger partial charge in [0.15, 0.2) is 0 Å². The average molecular weight is 350 g/mol. The molecule has 0 saturated carbocycles. The molecule has 0 bridgehead atoms. The van der Waals surface area contributed by atoms with Crippen molar-refractivity contribution in [2.45, 2.75) is 32.8 Å². The number of amides is 1. The SMILES string of the molecule is CC(C)(C)OC(=O)n1ncc2c(N3CC(CCl)CC3=O)cccc21. The molecule has 1 aromatic heterocycles. The van der Waals surface area contributed by atoms with Crippen molar-refractivity contribution in [2.75, 3.05) is 17.3 Å². The smallest absolute Gasteiger partial charge is 0.435 e. The van der Waals surface area contributed by atoms with E-state index in [0.717, 1.165) is 11.1 Å². The van der Waals surface area contributed by atoms with E-state index in [4.69, 9.17) is 16.3 Å². The largest absolute Gasteiger partial charge is 0.442 e. The van der Waals surface area contributed by atoms with E-state index in [0.29, 0.717) is 24.4 Å². The third kappa shape index (κ3) is 3.11. The summed E-state index contributed by atoms with van der Waals surface area (Å²) in [7, 11) is 0. The first-order valence-electron chi connectivity index (χ1n) is 7.86. The molecule has 2 aromatic rings. The lowest BCUT2D eigenvalue weighted by Crippen LogP contribution is -2.27. The van der Waals surface area contributed by atoms with E-state index < -0.39 is 11.7 Å². The van der Waals surface area contributed by atoms with Crippen molar-refractivity contribution < 1.29 is 14.3 Å². The van der Waals surface area contributed by atoms with Gasteiger partial charge in [0.2, 0.25) is 5.91 Å². The van der Waals surface area contributed by atoms with Gasteiger partial charge in [-0.1, -0.05) is 6.07 Å². The molecule has 3 rings (SSSR count). The normalized spacial score (nSPS) is 18.4. The van der Waals surface area contributed by atoms with Crippen molar-refractivity contribution in [3.05, 3.63) is 24.4 Å². The highest BCUT2D eigenvalue weighted by Gasteiger charge is 2.31. The summed E-state index contributed by atoms with van der Waals surface area (Å²) in [6.45, 7) is 5.99. The minimum absolute atomic E-state index is 0.0400. The minimum atomic E-state index is -0.606. The summed E-state index contributed by atoms with van der Waals surface area (Å²) in [6.07, 6.45) is 1.50. The molecular formula is C17H20ClN3O3. The van der Waals surface area contributed by atoms with E-state index >= 15 is 0 Å². The molecule has 1 saturated heterocycles. The lowest BCUT2D eigenvalue weighted by molar-refractivity contribution is -0.117. The van der Waals surface area contributed by atoms with Gasteiger partial charge in [-0.3, -0.25) is 4.79 Å². The Hall–Kier alpha value is -2.08. The third-order valence-electron chi connectivity index (χ3n) is 3.87. The molecule has 0 N–H and O–H groups in total. The molecule has 1 unspecified atom stereocenters. The van der Waals surface area contributed by atoms with Crippen LogP contribution in [-0.4, -0.2) is 39.8 Å². The number of halogens is 1. The Balaban J connectivity index is 1.98. The van der Waals surface area contributed by atoms with Gasteiger partial charge in [-0.25, -0.2) is 4.79 Å². The monoisotopic (exact) mass is 349 g/mol. The van der Waals surface area contributed by atoms with Gasteiger partial charge in [0.05, 0.1) is 17.4 Å². The van der Waals surface area contributed by atoms with Crippen LogP contribution in [0.15, 0.2) is 24.4 Å². The highest BCUT2D eigenvalue weighted by molar-refractivity contribution is 6.18. The quantitative estimate of drug-likeness (QED) is 0.779. The molecule has 7 heteroatoms. The summed E-state index contributed by atoms with van der Waals surface area (Å²) in [5.74, 6) is 0.642. The van der Waals surface area contributed by atoms with Crippen molar-refractivity contribution in [3.8, 4) is 0 Å². The van der Waals surface area contributed by atoms with Crippen molar-refractivity contribution in [2.24, 2.45) is 5.92 Å². The lowest BCUT2D eigenvalue weighted by atomic mass is 10.1. The second kappa shape index (κ2) is 6.09. The zero-order valence-electron chi connectivity index (χ0n) is 14.0. The number of nitrogens with zero attached hydrogens (tertiary/aromatic N) is 3. The summed E-state index contributed by atoms with van der Waals surface area (Å²) in [5.41, 5.74) is 0.759. The number of hydrogen-bond acceptors (Lipinski definition) is 4. The summed E-state index contributed by atoms with van der Waals surface area (Å²) >= 11 is 5.89. The molecule has 0 aliphatic carbocycles. The second-order valence-electron chi connectivity index (χ2n) is 6.98. The van der Waals surface area contributed by atoms with Crippen molar-refractivity contribution in [1.29, 1.82) is 0 Å². The number of ether oxygens (including phenoxy) is 1. The Bertz CT molecular complexity index is 794. The van der Waals surface area contributed by atoms with Crippen LogP contribution in [0.5, 0.6) is 0 Å². The Morgan fingerprint density at radius 2 is 2.17 bits per heavy atom. The Kier molecular flexibility index (Phi) is 4.25. The number of anilines is 1. The lowest BCUT2D eigenvalue weighted by Gasteiger charge is -2.19. The average Bonchev–Trinajstić information content (AvgIpc) is 3.08. The molecule has 24 heavy (non-hydrogen) atoms. The van der Waals surface area contributed by atoms with E-state index in [9.17, 15) is 9.59 Å². The number of fused-ring (bicyclic) bond motifs is 1. The molecule has 1 amide bonds. The number of carbonyl (C=O) groups is 2. The third-order valence-corrected chi connectivity index (χ3v) is 4.31. The van der Waals surface area contributed by atoms with E-state index in [1.807, 2.05) is 12.1 Å². The van der Waals surface area contributed by atoms with Crippen LogP contribution >= 0.6 is 11.6 Å². The predicted molar refractivity (Wildman–Crippen MR) is 92.5 cm³/mol. The number of rotatable bonds is 2. The Morgan fingerprint density at radius 3 is 2.79 bits per heavy atom. The number of hydrogen-bond donors (Lipinski definition) is 0. The first-order chi connectivity index (χ1) is 11.3. The van der Waals surface area contributed by atoms with Crippen LogP contribution in [0.1, 0.15) is 27.2 Å². The Morgan fingerprint density at radius 1 is 1.42 bits per heavy atom. The maximum atomic E-state index is 12.3. The zero-order chi connectivity index (χ0) is 17.5. The summed E-state index contributed by atoms with van der Waals surface area (Å²) in [4.78, 5) is 26.3. The molecule has 128 valence electrons. The minimum Gasteiger partial charge on any atom is -0.442 e. The first kappa shape index (κ1) is 16.8. The molecule has 0 radical (unpaired) electrons. The van der Waals surface area contributed by atoms with Crippen LogP contribution in [-0.2, 0) is 9.53 Å². The maximum absolute atomic E-state index is 12.3. The number of carbonyl (C=O) groups excluding carboxylic acids is 2. The van der Waals surface area contributed by atoms with Crippen LogP contribution in [0.3, 0.4) is 0 Å². The van der Waals surface area contributed by atoms with Gasteiger partial charge in [0.25, 0.3) is 0 Å². The second-order valence-corrected chi connectivity index (χ2v) is 7.28. The number of alkyl halides is 1. The van der Waals surface area contributed by atoms with Crippen LogP contribution in [0.4, 0.5) is 10.5 Å². The fourth-order valence-electron chi connectivity index (χ4n) is 2.84. The van der Waals surface area contributed by atoms with Crippen molar-refractivity contribution in [1.82, 2.24) is 9.78 Å². The summed E-state index contributed by atoms with van der Waals surface area (Å²) in [5, 5.41) is 4.90. The van der Waals surface area contributed by atoms with Crippen LogP contribution in [0, 0.1) is 5.92 Å². The summed E-state index contributed by atoms with van der Waals surface area (Å²) in [6, 6.07) is 5.45. The van der Waals surface area contributed by atoms with E-state index in [1.165, 1.54) is 4.68 Å². The number of aromatic nitrogens is 2. The highest BCUT2D eigenvalue weighted by Crippen LogP contribution is 2.32. The number of benzene rings is 1. The van der Waals surface area contributed by atoms with Crippen molar-refractivity contribution >= 4 is 40.2 Å². The van der Waals surface area contributed by atoms with Crippen LogP contribution < -0.4 is 4.90 Å². The van der Waals surface area contributed by atoms with E-state index in [2.05, 4.69) is 5.10 Å². The molecule has 1 fully saturated rings. The molecule has 0 spiro atoms. The van der Waals surface area contributed by atoms with Gasteiger partial charge in [-0.2, -0.15) is 9.78 Å². The van der Waals surface area contributed by atoms with Crippen LogP contribution in [0.2, 0.25) is 0 Å². The molecule has 1 aromatic carbocycles. The fraction of sp³-hybridized carbons (Fsp3) is 0.471. The molecule has 1 aliphatic heterocycles. The standard InChI is InChI=1S/C17H20ClN3O3/c1-17(2,3)24-16(23)21-14-6-4-5-13(12(14)9-19-21)20-10-11(8-18)7-15(20)22/h4-6,9,11H,7-8,10H2,1-3H3. The van der Waals surface area contributed by atoms with E-state index in [-0.39, 0.29) is 11.8 Å². The molecule has 1 aliphatic rings. The molecule has 6 nitrogen and oxygen atoms in total. The zero-order valence-corrected chi connectivity index (χ0v) is 14.7. The topological polar surface area (TPSA) is 64.4 Å².